The fraction of sp³-hybridized carbons (Fsp3) is 0.0952. The van der Waals surface area contributed by atoms with E-state index in [2.05, 4.69) is 5.32 Å². The predicted octanol–water partition coefficient (Wildman–Crippen LogP) is 4.35. The molecule has 7 nitrogen and oxygen atoms in total. The standard InChI is InChI=1S/C21H17ClN2O5/c22-15-10-11-17(16(12-15)21(26)14-6-2-1-3-7-14)23-20(25)13-29-19-9-5-4-8-18(19)24(27)28/h1-12,21,26H,13H2,(H,23,25)/t21-/m1/s1. The van der Waals surface area contributed by atoms with Crippen LogP contribution in [0, 0.1) is 10.1 Å². The third-order valence-electron chi connectivity index (χ3n) is 4.12. The van der Waals surface area contributed by atoms with Crippen LogP contribution in [-0.4, -0.2) is 22.5 Å². The summed E-state index contributed by atoms with van der Waals surface area (Å²) in [5.41, 5.74) is 1.19. The fourth-order valence-corrected chi connectivity index (χ4v) is 2.93. The van der Waals surface area contributed by atoms with Crippen LogP contribution in [-0.2, 0) is 4.79 Å². The Morgan fingerprint density at radius 1 is 1.10 bits per heavy atom. The lowest BCUT2D eigenvalue weighted by Gasteiger charge is -2.17. The van der Waals surface area contributed by atoms with E-state index in [0.717, 1.165) is 0 Å². The topological polar surface area (TPSA) is 102 Å². The van der Waals surface area contributed by atoms with Crippen LogP contribution >= 0.6 is 11.6 Å². The highest BCUT2D eigenvalue weighted by atomic mass is 35.5. The van der Waals surface area contributed by atoms with Gasteiger partial charge in [-0.3, -0.25) is 14.9 Å². The van der Waals surface area contributed by atoms with Gasteiger partial charge >= 0.3 is 5.69 Å². The van der Waals surface area contributed by atoms with Crippen molar-refractivity contribution in [3.63, 3.8) is 0 Å². The molecule has 2 N–H and O–H groups in total. The molecule has 0 aromatic heterocycles. The Morgan fingerprint density at radius 3 is 2.52 bits per heavy atom. The van der Waals surface area contributed by atoms with Crippen LogP contribution in [0.5, 0.6) is 5.75 Å². The number of nitro benzene ring substituents is 1. The highest BCUT2D eigenvalue weighted by Gasteiger charge is 2.18. The van der Waals surface area contributed by atoms with Crippen molar-refractivity contribution in [3.8, 4) is 5.75 Å². The quantitative estimate of drug-likeness (QED) is 0.443. The van der Waals surface area contributed by atoms with E-state index in [0.29, 0.717) is 21.8 Å². The van der Waals surface area contributed by atoms with E-state index < -0.39 is 23.5 Å². The maximum atomic E-state index is 12.3. The zero-order valence-corrected chi connectivity index (χ0v) is 15.9. The Balaban J connectivity index is 1.75. The average Bonchev–Trinajstić information content (AvgIpc) is 2.73. The van der Waals surface area contributed by atoms with Crippen molar-refractivity contribution in [2.45, 2.75) is 6.10 Å². The number of carbonyl (C=O) groups is 1. The third kappa shape index (κ3) is 5.10. The van der Waals surface area contributed by atoms with E-state index in [1.807, 2.05) is 6.07 Å². The number of aliphatic hydroxyl groups is 1. The van der Waals surface area contributed by atoms with Gasteiger partial charge in [-0.25, -0.2) is 0 Å². The molecule has 0 heterocycles. The van der Waals surface area contributed by atoms with Gasteiger partial charge in [0, 0.05) is 22.3 Å². The van der Waals surface area contributed by atoms with Gasteiger partial charge in [-0.1, -0.05) is 54.1 Å². The Kier molecular flexibility index (Phi) is 6.43. The summed E-state index contributed by atoms with van der Waals surface area (Å²) in [5, 5.41) is 24.8. The number of halogens is 1. The highest BCUT2D eigenvalue weighted by Crippen LogP contribution is 2.31. The molecule has 0 aliphatic rings. The van der Waals surface area contributed by atoms with Crippen molar-refractivity contribution in [1.29, 1.82) is 0 Å². The SMILES string of the molecule is O=C(COc1ccccc1[N+](=O)[O-])Nc1ccc(Cl)cc1[C@H](O)c1ccccc1. The Hall–Kier alpha value is -3.42. The Labute approximate surface area is 171 Å². The average molecular weight is 413 g/mol. The minimum atomic E-state index is -0.999. The number of benzene rings is 3. The first kappa shape index (κ1) is 20.3. The van der Waals surface area contributed by atoms with Gasteiger partial charge in [0.2, 0.25) is 0 Å². The first-order valence-corrected chi connectivity index (χ1v) is 9.02. The lowest BCUT2D eigenvalue weighted by Crippen LogP contribution is -2.21. The van der Waals surface area contributed by atoms with E-state index in [9.17, 15) is 20.0 Å². The smallest absolute Gasteiger partial charge is 0.310 e. The summed E-state index contributed by atoms with van der Waals surface area (Å²) in [4.78, 5) is 22.8. The van der Waals surface area contributed by atoms with Crippen LogP contribution in [0.25, 0.3) is 0 Å². The van der Waals surface area contributed by atoms with Gasteiger partial charge in [-0.2, -0.15) is 0 Å². The minimum absolute atomic E-state index is 0.00620. The van der Waals surface area contributed by atoms with Gasteiger partial charge in [-0.05, 0) is 29.8 Å². The number of aliphatic hydroxyl groups excluding tert-OH is 1. The Bertz CT molecular complexity index is 1030. The number of hydrogen-bond acceptors (Lipinski definition) is 5. The summed E-state index contributed by atoms with van der Waals surface area (Å²) in [5.74, 6) is -0.541. The molecule has 29 heavy (non-hydrogen) atoms. The molecule has 0 saturated carbocycles. The summed E-state index contributed by atoms with van der Waals surface area (Å²) < 4.78 is 5.30. The number of para-hydroxylation sites is 2. The third-order valence-corrected chi connectivity index (χ3v) is 4.35. The summed E-state index contributed by atoms with van der Waals surface area (Å²) in [6, 6.07) is 19.5. The molecule has 0 aliphatic carbocycles. The van der Waals surface area contributed by atoms with Crippen molar-refractivity contribution in [2.24, 2.45) is 0 Å². The van der Waals surface area contributed by atoms with Crippen molar-refractivity contribution >= 4 is 28.9 Å². The maximum absolute atomic E-state index is 12.3. The summed E-state index contributed by atoms with van der Waals surface area (Å²) in [7, 11) is 0. The van der Waals surface area contributed by atoms with Crippen LogP contribution in [0.2, 0.25) is 5.02 Å². The summed E-state index contributed by atoms with van der Waals surface area (Å²) >= 11 is 6.06. The number of nitrogens with zero attached hydrogens (tertiary/aromatic N) is 1. The molecule has 1 amide bonds. The fourth-order valence-electron chi connectivity index (χ4n) is 2.75. The van der Waals surface area contributed by atoms with Crippen LogP contribution in [0.15, 0.2) is 72.8 Å². The van der Waals surface area contributed by atoms with Crippen LogP contribution in [0.3, 0.4) is 0 Å². The van der Waals surface area contributed by atoms with E-state index in [1.165, 1.54) is 18.2 Å². The van der Waals surface area contributed by atoms with Gasteiger partial charge in [0.05, 0.1) is 4.92 Å². The molecular weight excluding hydrogens is 396 g/mol. The normalized spacial score (nSPS) is 11.5. The number of amides is 1. The molecule has 1 atom stereocenters. The van der Waals surface area contributed by atoms with E-state index in [1.54, 1.807) is 48.5 Å². The Morgan fingerprint density at radius 2 is 1.79 bits per heavy atom. The number of ether oxygens (including phenoxy) is 1. The largest absolute Gasteiger partial charge is 0.477 e. The van der Waals surface area contributed by atoms with Crippen LogP contribution in [0.1, 0.15) is 17.2 Å². The number of nitro groups is 1. The second kappa shape index (κ2) is 9.18. The van der Waals surface area contributed by atoms with Crippen LogP contribution < -0.4 is 10.1 Å². The molecule has 0 aliphatic heterocycles. The van der Waals surface area contributed by atoms with E-state index in [4.69, 9.17) is 16.3 Å². The number of nitrogens with one attached hydrogen (secondary N) is 1. The molecule has 0 spiro atoms. The monoisotopic (exact) mass is 412 g/mol. The van der Waals surface area contributed by atoms with Crippen molar-refractivity contribution in [3.05, 3.63) is 99.1 Å². The second-order valence-corrected chi connectivity index (χ2v) is 6.54. The van der Waals surface area contributed by atoms with Crippen molar-refractivity contribution in [1.82, 2.24) is 0 Å². The van der Waals surface area contributed by atoms with E-state index >= 15 is 0 Å². The number of hydrogen-bond donors (Lipinski definition) is 2. The van der Waals surface area contributed by atoms with Gasteiger partial charge in [-0.15, -0.1) is 0 Å². The minimum Gasteiger partial charge on any atom is -0.477 e. The van der Waals surface area contributed by atoms with E-state index in [-0.39, 0.29) is 11.4 Å². The number of carbonyl (C=O) groups excluding carboxylic acids is 1. The second-order valence-electron chi connectivity index (χ2n) is 6.11. The van der Waals surface area contributed by atoms with Crippen molar-refractivity contribution < 1.29 is 19.6 Å². The molecular formula is C21H17ClN2O5. The summed E-state index contributed by atoms with van der Waals surface area (Å²) in [6.45, 7) is -0.436. The molecule has 0 radical (unpaired) electrons. The van der Waals surface area contributed by atoms with Gasteiger partial charge in [0.15, 0.2) is 12.4 Å². The molecule has 0 bridgehead atoms. The molecule has 8 heteroatoms. The molecule has 3 aromatic rings. The summed E-state index contributed by atoms with van der Waals surface area (Å²) in [6.07, 6.45) is -0.999. The van der Waals surface area contributed by atoms with Gasteiger partial charge < -0.3 is 15.2 Å². The number of anilines is 1. The zero-order valence-electron chi connectivity index (χ0n) is 15.1. The molecule has 3 aromatic carbocycles. The molecule has 148 valence electrons. The first-order chi connectivity index (χ1) is 14.0. The number of rotatable bonds is 7. The van der Waals surface area contributed by atoms with Crippen molar-refractivity contribution in [2.75, 3.05) is 11.9 Å². The lowest BCUT2D eigenvalue weighted by atomic mass is 10.00. The lowest BCUT2D eigenvalue weighted by molar-refractivity contribution is -0.385. The molecule has 3 rings (SSSR count). The first-order valence-electron chi connectivity index (χ1n) is 8.64. The molecule has 0 unspecified atom stereocenters. The van der Waals surface area contributed by atoms with Gasteiger partial charge in [0.25, 0.3) is 5.91 Å². The van der Waals surface area contributed by atoms with Gasteiger partial charge in [0.1, 0.15) is 6.10 Å². The van der Waals surface area contributed by atoms with Crippen LogP contribution in [0.4, 0.5) is 11.4 Å². The molecule has 0 fully saturated rings. The predicted molar refractivity (Wildman–Crippen MR) is 109 cm³/mol. The zero-order chi connectivity index (χ0) is 20.8. The molecule has 0 saturated heterocycles. The highest BCUT2D eigenvalue weighted by molar-refractivity contribution is 6.30. The maximum Gasteiger partial charge on any atom is 0.310 e.